The SMILES string of the molecule is C=CCN(C(=O)C(CCC(N)=O)NC(=O)OC(C)(C)C)C(C(=O)NCCCCC)c1ccc(O)c(C)c1. The van der Waals surface area contributed by atoms with Crippen LogP contribution in [-0.4, -0.2) is 58.6 Å². The average molecular weight is 519 g/mol. The van der Waals surface area contributed by atoms with E-state index in [1.165, 1.54) is 17.0 Å². The number of aryl methyl sites for hydroxylation is 1. The van der Waals surface area contributed by atoms with Crippen LogP contribution in [0.25, 0.3) is 0 Å². The van der Waals surface area contributed by atoms with Gasteiger partial charge < -0.3 is 31.1 Å². The maximum Gasteiger partial charge on any atom is 0.408 e. The second kappa shape index (κ2) is 14.9. The fourth-order valence-electron chi connectivity index (χ4n) is 3.66. The molecule has 0 aliphatic carbocycles. The van der Waals surface area contributed by atoms with Crippen molar-refractivity contribution in [2.24, 2.45) is 5.73 Å². The van der Waals surface area contributed by atoms with Crippen LogP contribution >= 0.6 is 0 Å². The van der Waals surface area contributed by atoms with Gasteiger partial charge in [-0.2, -0.15) is 0 Å². The molecule has 0 heterocycles. The van der Waals surface area contributed by atoms with Crippen molar-refractivity contribution in [1.82, 2.24) is 15.5 Å². The number of benzene rings is 1. The molecule has 0 aliphatic rings. The highest BCUT2D eigenvalue weighted by Gasteiger charge is 2.36. The van der Waals surface area contributed by atoms with Gasteiger partial charge in [-0.05, 0) is 63.8 Å². The molecule has 0 fully saturated rings. The molecule has 1 aromatic rings. The van der Waals surface area contributed by atoms with Crippen LogP contribution in [0.2, 0.25) is 0 Å². The van der Waals surface area contributed by atoms with Crippen LogP contribution in [0.3, 0.4) is 0 Å². The quantitative estimate of drug-likeness (QED) is 0.219. The highest BCUT2D eigenvalue weighted by atomic mass is 16.6. The molecule has 10 heteroatoms. The predicted molar refractivity (Wildman–Crippen MR) is 142 cm³/mol. The molecular weight excluding hydrogens is 476 g/mol. The zero-order valence-corrected chi connectivity index (χ0v) is 22.6. The number of aromatic hydroxyl groups is 1. The molecule has 0 bridgehead atoms. The van der Waals surface area contributed by atoms with Crippen LogP contribution in [0.1, 0.15) is 77.0 Å². The Bertz CT molecular complexity index is 957. The van der Waals surface area contributed by atoms with Crippen LogP contribution < -0.4 is 16.4 Å². The summed E-state index contributed by atoms with van der Waals surface area (Å²) >= 11 is 0. The normalized spacial score (nSPS) is 12.7. The number of nitrogens with one attached hydrogen (secondary N) is 2. The zero-order valence-electron chi connectivity index (χ0n) is 22.6. The average Bonchev–Trinajstić information content (AvgIpc) is 2.79. The first-order valence-corrected chi connectivity index (χ1v) is 12.6. The number of phenols is 1. The van der Waals surface area contributed by atoms with Gasteiger partial charge in [0.25, 0.3) is 0 Å². The lowest BCUT2D eigenvalue weighted by Crippen LogP contribution is -2.53. The fraction of sp³-hybridized carbons (Fsp3) is 0.556. The third kappa shape index (κ3) is 10.9. The van der Waals surface area contributed by atoms with E-state index in [9.17, 15) is 24.3 Å². The highest BCUT2D eigenvalue weighted by Crippen LogP contribution is 2.27. The number of hydrogen-bond acceptors (Lipinski definition) is 6. The Morgan fingerprint density at radius 1 is 1.22 bits per heavy atom. The number of alkyl carbamates (subject to hydrolysis) is 1. The van der Waals surface area contributed by atoms with Crippen molar-refractivity contribution < 1.29 is 29.0 Å². The summed E-state index contributed by atoms with van der Waals surface area (Å²) in [5.74, 6) is -1.61. The van der Waals surface area contributed by atoms with Crippen molar-refractivity contribution in [2.75, 3.05) is 13.1 Å². The lowest BCUT2D eigenvalue weighted by atomic mass is 9.99. The van der Waals surface area contributed by atoms with E-state index < -0.39 is 41.5 Å². The molecule has 37 heavy (non-hydrogen) atoms. The van der Waals surface area contributed by atoms with Gasteiger partial charge in [0.05, 0.1) is 0 Å². The second-order valence-corrected chi connectivity index (χ2v) is 9.93. The minimum Gasteiger partial charge on any atom is -0.508 e. The molecule has 0 aromatic heterocycles. The van der Waals surface area contributed by atoms with Gasteiger partial charge in [0.15, 0.2) is 0 Å². The molecule has 2 unspecified atom stereocenters. The molecule has 10 nitrogen and oxygen atoms in total. The second-order valence-electron chi connectivity index (χ2n) is 9.93. The lowest BCUT2D eigenvalue weighted by Gasteiger charge is -2.34. The van der Waals surface area contributed by atoms with Crippen molar-refractivity contribution in [3.8, 4) is 5.75 Å². The van der Waals surface area contributed by atoms with Gasteiger partial charge in [-0.1, -0.05) is 31.9 Å². The number of carbonyl (C=O) groups excluding carboxylic acids is 4. The number of rotatable bonds is 14. The van der Waals surface area contributed by atoms with Gasteiger partial charge in [0.1, 0.15) is 23.4 Å². The summed E-state index contributed by atoms with van der Waals surface area (Å²) < 4.78 is 5.30. The fourth-order valence-corrected chi connectivity index (χ4v) is 3.66. The minimum absolute atomic E-state index is 0.0190. The molecule has 5 N–H and O–H groups in total. The standard InChI is InChI=1S/C27H42N4O6/c1-7-9-10-15-29-24(34)23(19-11-13-21(32)18(3)17-19)31(16-8-2)25(35)20(12-14-22(28)33)30-26(36)37-27(4,5)6/h8,11,13,17,20,23,32H,2,7,9-10,12,14-16H2,1,3-6H3,(H2,28,33)(H,29,34)(H,30,36). The summed E-state index contributed by atoms with van der Waals surface area (Å²) in [6, 6.07) is 2.40. The van der Waals surface area contributed by atoms with Crippen molar-refractivity contribution in [2.45, 2.75) is 84.4 Å². The van der Waals surface area contributed by atoms with Gasteiger partial charge in [0.2, 0.25) is 17.7 Å². The Balaban J connectivity index is 3.43. The third-order valence-electron chi connectivity index (χ3n) is 5.45. The predicted octanol–water partition coefficient (Wildman–Crippen LogP) is 3.22. The molecule has 206 valence electrons. The summed E-state index contributed by atoms with van der Waals surface area (Å²) in [5, 5.41) is 15.4. The van der Waals surface area contributed by atoms with E-state index in [4.69, 9.17) is 10.5 Å². The summed E-state index contributed by atoms with van der Waals surface area (Å²) in [7, 11) is 0. The molecule has 4 amide bonds. The van der Waals surface area contributed by atoms with Crippen LogP contribution in [0.15, 0.2) is 30.9 Å². The van der Waals surface area contributed by atoms with E-state index >= 15 is 0 Å². The van der Waals surface area contributed by atoms with E-state index in [0.29, 0.717) is 17.7 Å². The molecule has 0 radical (unpaired) electrons. The van der Waals surface area contributed by atoms with Crippen molar-refractivity contribution in [3.63, 3.8) is 0 Å². The topological polar surface area (TPSA) is 151 Å². The van der Waals surface area contributed by atoms with Crippen molar-refractivity contribution in [3.05, 3.63) is 42.0 Å². The summed E-state index contributed by atoms with van der Waals surface area (Å²) in [4.78, 5) is 52.5. The maximum absolute atomic E-state index is 13.8. The number of unbranched alkanes of at least 4 members (excludes halogenated alkanes) is 2. The van der Waals surface area contributed by atoms with Gasteiger partial charge in [-0.3, -0.25) is 14.4 Å². The van der Waals surface area contributed by atoms with E-state index in [1.807, 2.05) is 0 Å². The maximum atomic E-state index is 13.8. The third-order valence-corrected chi connectivity index (χ3v) is 5.45. The number of primary amides is 1. The van der Waals surface area contributed by atoms with Crippen molar-refractivity contribution in [1.29, 1.82) is 0 Å². The largest absolute Gasteiger partial charge is 0.508 e. The number of phenolic OH excluding ortho intramolecular Hbond substituents is 1. The van der Waals surface area contributed by atoms with Crippen LogP contribution in [0, 0.1) is 6.92 Å². The molecule has 0 saturated carbocycles. The minimum atomic E-state index is -1.18. The van der Waals surface area contributed by atoms with Crippen molar-refractivity contribution >= 4 is 23.8 Å². The molecule has 1 aromatic carbocycles. The molecule has 0 aliphatic heterocycles. The van der Waals surface area contributed by atoms with Crippen LogP contribution in [0.5, 0.6) is 5.75 Å². The number of hydrogen-bond donors (Lipinski definition) is 4. The van der Waals surface area contributed by atoms with Crippen LogP contribution in [0.4, 0.5) is 4.79 Å². The van der Waals surface area contributed by atoms with Crippen LogP contribution in [-0.2, 0) is 19.1 Å². The first kappa shape index (κ1) is 31.5. The highest BCUT2D eigenvalue weighted by molar-refractivity contribution is 5.92. The van der Waals surface area contributed by atoms with E-state index in [-0.39, 0.29) is 25.1 Å². The first-order valence-electron chi connectivity index (χ1n) is 12.6. The Kier molecular flexibility index (Phi) is 12.6. The Morgan fingerprint density at radius 3 is 2.43 bits per heavy atom. The number of ether oxygens (including phenoxy) is 1. The van der Waals surface area contributed by atoms with Gasteiger partial charge in [-0.25, -0.2) is 4.79 Å². The smallest absolute Gasteiger partial charge is 0.408 e. The summed E-state index contributed by atoms with van der Waals surface area (Å²) in [6.07, 6.45) is 3.08. The molecule has 0 saturated heterocycles. The molecule has 1 rings (SSSR count). The number of nitrogens with zero attached hydrogens (tertiary/aromatic N) is 1. The molecule has 0 spiro atoms. The lowest BCUT2D eigenvalue weighted by molar-refractivity contribution is -0.142. The van der Waals surface area contributed by atoms with E-state index in [2.05, 4.69) is 24.1 Å². The molecular formula is C27H42N4O6. The molecule has 2 atom stereocenters. The zero-order chi connectivity index (χ0) is 28.2. The number of amides is 4. The first-order chi connectivity index (χ1) is 17.3. The summed E-state index contributed by atoms with van der Waals surface area (Å²) in [5.41, 5.74) is 5.50. The summed E-state index contributed by atoms with van der Waals surface area (Å²) in [6.45, 7) is 12.9. The van der Waals surface area contributed by atoms with E-state index in [0.717, 1.165) is 19.3 Å². The monoisotopic (exact) mass is 518 g/mol. The van der Waals surface area contributed by atoms with Gasteiger partial charge >= 0.3 is 6.09 Å². The van der Waals surface area contributed by atoms with Gasteiger partial charge in [-0.15, -0.1) is 6.58 Å². The van der Waals surface area contributed by atoms with E-state index in [1.54, 1.807) is 39.8 Å². The number of nitrogens with two attached hydrogens (primary N) is 1. The van der Waals surface area contributed by atoms with Gasteiger partial charge in [0, 0.05) is 19.5 Å². The Hall–Kier alpha value is -3.56. The Labute approximate surface area is 219 Å². The number of carbonyl (C=O) groups is 4. The Morgan fingerprint density at radius 2 is 1.89 bits per heavy atom.